The maximum atomic E-state index is 8.88. The Morgan fingerprint density at radius 2 is 1.14 bits per heavy atom. The molecule has 0 aliphatic carbocycles. The van der Waals surface area contributed by atoms with Crippen LogP contribution in [0.15, 0.2) is 0 Å². The van der Waals surface area contributed by atoms with Crippen molar-refractivity contribution < 1.29 is 41.6 Å². The van der Waals surface area contributed by atoms with Crippen molar-refractivity contribution in [3.05, 3.63) is 0 Å². The number of hydrogen-bond donors (Lipinski definition) is 3. The van der Waals surface area contributed by atoms with E-state index < -0.39 is 7.82 Å². The molecule has 0 saturated carbocycles. The van der Waals surface area contributed by atoms with Crippen molar-refractivity contribution in [2.45, 2.75) is 0 Å². The monoisotopic (exact) mass is 222 g/mol. The van der Waals surface area contributed by atoms with Crippen LogP contribution < -0.4 is 0 Å². The third kappa shape index (κ3) is 159. The summed E-state index contributed by atoms with van der Waals surface area (Å²) in [5, 5.41) is 0. The molecule has 4 nitrogen and oxygen atoms in total. The molecule has 0 unspecified atom stereocenters. The molecular weight excluding hydrogens is 216 g/mol. The quantitative estimate of drug-likeness (QED) is 0.323. The molecule has 0 heterocycles. The smallest absolute Gasteiger partial charge is 0.303 e. The van der Waals surface area contributed by atoms with Crippen LogP contribution >= 0.6 is 7.82 Å². The van der Waals surface area contributed by atoms with Gasteiger partial charge in [-0.05, 0) is 11.0 Å². The summed E-state index contributed by atoms with van der Waals surface area (Å²) in [6.45, 7) is 0. The summed E-state index contributed by atoms with van der Waals surface area (Å²) in [4.78, 5) is 21.6. The molecule has 0 aromatic heterocycles. The van der Waals surface area contributed by atoms with E-state index in [2.05, 4.69) is 0 Å². The summed E-state index contributed by atoms with van der Waals surface area (Å²) >= 11 is 0. The first-order valence-corrected chi connectivity index (χ1v) is 2.35. The average Bonchev–Trinajstić information content (AvgIpc) is 0.722. The maximum Gasteiger partial charge on any atom is 0.466 e. The molecule has 2 radical (unpaired) electrons. The SMILES string of the molecule is O=P(O)(O)O.[Nb].[SiH3]. The molecule has 7 heavy (non-hydrogen) atoms. The molecule has 0 atom stereocenters. The van der Waals surface area contributed by atoms with Crippen molar-refractivity contribution in [1.82, 2.24) is 0 Å². The standard InChI is InChI=1S/Nb.H3O4P.H3Si/c;1-5(2,3)4;/h;(H3,1,2,3,4);1H3. The second-order valence-corrected chi connectivity index (χ2v) is 1.54. The Kier molecular flexibility index (Phi) is 11.7. The van der Waals surface area contributed by atoms with Gasteiger partial charge in [0.05, 0.1) is 0 Å². The molecule has 0 aliphatic rings. The van der Waals surface area contributed by atoms with Gasteiger partial charge in [-0.1, -0.05) is 0 Å². The minimum Gasteiger partial charge on any atom is -0.303 e. The van der Waals surface area contributed by atoms with Gasteiger partial charge in [0.25, 0.3) is 0 Å². The minimum atomic E-state index is -4.64. The van der Waals surface area contributed by atoms with Crippen molar-refractivity contribution >= 4 is 18.8 Å². The predicted octanol–water partition coefficient (Wildman–Crippen LogP) is -2.12. The van der Waals surface area contributed by atoms with Crippen molar-refractivity contribution in [3.8, 4) is 0 Å². The Labute approximate surface area is 60.7 Å². The fraction of sp³-hybridized carbons (Fsp3) is 0. The topological polar surface area (TPSA) is 77.8 Å². The van der Waals surface area contributed by atoms with Gasteiger partial charge in [-0.2, -0.15) is 0 Å². The van der Waals surface area contributed by atoms with Gasteiger partial charge in [-0.15, -0.1) is 0 Å². The molecule has 0 amide bonds. The molecule has 0 fully saturated rings. The molecular formula is H6NbO4PSi. The van der Waals surface area contributed by atoms with Crippen molar-refractivity contribution in [3.63, 3.8) is 0 Å². The number of rotatable bonds is 0. The van der Waals surface area contributed by atoms with Crippen LogP contribution in [0.2, 0.25) is 0 Å². The Balaban J connectivity index is -0.0000000800. The third-order valence-electron chi connectivity index (χ3n) is 0. The van der Waals surface area contributed by atoms with Gasteiger partial charge in [-0.3, -0.25) is 0 Å². The van der Waals surface area contributed by atoms with Crippen LogP contribution in [0.1, 0.15) is 0 Å². The Morgan fingerprint density at radius 1 is 1.14 bits per heavy atom. The van der Waals surface area contributed by atoms with Crippen LogP contribution in [-0.4, -0.2) is 25.6 Å². The van der Waals surface area contributed by atoms with Crippen molar-refractivity contribution in [1.29, 1.82) is 0 Å². The van der Waals surface area contributed by atoms with E-state index in [1.54, 1.807) is 0 Å². The third-order valence-corrected chi connectivity index (χ3v) is 0. The van der Waals surface area contributed by atoms with Gasteiger partial charge >= 0.3 is 7.82 Å². The molecule has 0 rings (SSSR count). The minimum absolute atomic E-state index is 0. The van der Waals surface area contributed by atoms with Crippen LogP contribution in [0.5, 0.6) is 0 Å². The van der Waals surface area contributed by atoms with Crippen LogP contribution in [0.4, 0.5) is 0 Å². The summed E-state index contributed by atoms with van der Waals surface area (Å²) in [5.74, 6) is 0. The Hall–Kier alpha value is 1.07. The van der Waals surface area contributed by atoms with E-state index in [1.807, 2.05) is 0 Å². The van der Waals surface area contributed by atoms with E-state index in [0.29, 0.717) is 0 Å². The van der Waals surface area contributed by atoms with Crippen LogP contribution in [0.25, 0.3) is 0 Å². The first-order chi connectivity index (χ1) is 2.00. The zero-order valence-electron chi connectivity index (χ0n) is 3.64. The molecule has 0 spiro atoms. The van der Waals surface area contributed by atoms with E-state index in [9.17, 15) is 0 Å². The van der Waals surface area contributed by atoms with E-state index in [1.165, 1.54) is 0 Å². The summed E-state index contributed by atoms with van der Waals surface area (Å²) in [6, 6.07) is 0. The Morgan fingerprint density at radius 3 is 1.14 bits per heavy atom. The zero-order chi connectivity index (χ0) is 4.50. The van der Waals surface area contributed by atoms with E-state index in [0.717, 1.165) is 0 Å². The number of hydrogen-bond acceptors (Lipinski definition) is 1. The van der Waals surface area contributed by atoms with Gasteiger partial charge < -0.3 is 14.7 Å². The van der Waals surface area contributed by atoms with Gasteiger partial charge in [0.15, 0.2) is 0 Å². The Bertz CT molecular complexity index is 57.8. The van der Waals surface area contributed by atoms with E-state index in [4.69, 9.17) is 19.2 Å². The van der Waals surface area contributed by atoms with Gasteiger partial charge in [0.1, 0.15) is 0 Å². The second-order valence-electron chi connectivity index (χ2n) is 0.513. The van der Waals surface area contributed by atoms with E-state index >= 15 is 0 Å². The summed E-state index contributed by atoms with van der Waals surface area (Å²) < 4.78 is 8.88. The van der Waals surface area contributed by atoms with Gasteiger partial charge in [0, 0.05) is 22.4 Å². The van der Waals surface area contributed by atoms with Gasteiger partial charge in [0.2, 0.25) is 0 Å². The van der Waals surface area contributed by atoms with Crippen LogP contribution in [0.3, 0.4) is 0 Å². The molecule has 0 bridgehead atoms. The van der Waals surface area contributed by atoms with Crippen LogP contribution in [-0.2, 0) is 26.9 Å². The average molecular weight is 222 g/mol. The maximum absolute atomic E-state index is 8.88. The fourth-order valence-electron chi connectivity index (χ4n) is 0. The molecule has 0 aromatic rings. The fourth-order valence-corrected chi connectivity index (χ4v) is 0. The molecule has 0 aromatic carbocycles. The molecule has 44 valence electrons. The molecule has 0 aliphatic heterocycles. The summed E-state index contributed by atoms with van der Waals surface area (Å²) in [7, 11) is -4.64. The first-order valence-electron chi connectivity index (χ1n) is 0.783. The summed E-state index contributed by atoms with van der Waals surface area (Å²) in [6.07, 6.45) is 0. The van der Waals surface area contributed by atoms with Crippen molar-refractivity contribution in [2.75, 3.05) is 0 Å². The van der Waals surface area contributed by atoms with Crippen LogP contribution in [0, 0.1) is 0 Å². The summed E-state index contributed by atoms with van der Waals surface area (Å²) in [5.41, 5.74) is 0. The number of phosphoric acid groups is 1. The normalized spacial score (nSPS) is 8.43. The molecule has 7 heteroatoms. The van der Waals surface area contributed by atoms with Crippen molar-refractivity contribution in [2.24, 2.45) is 0 Å². The van der Waals surface area contributed by atoms with Gasteiger partial charge in [-0.25, -0.2) is 4.57 Å². The zero-order valence-corrected chi connectivity index (χ0v) is 8.74. The first kappa shape index (κ1) is 15.7. The molecule has 3 N–H and O–H groups in total. The predicted molar refractivity (Wildman–Crippen MR) is 24.2 cm³/mol. The largest absolute Gasteiger partial charge is 0.466 e. The second kappa shape index (κ2) is 5.21. The van der Waals surface area contributed by atoms with E-state index in [-0.39, 0.29) is 33.3 Å². The molecule has 0 saturated heterocycles.